The second-order valence-corrected chi connectivity index (χ2v) is 6.83. The molecule has 0 radical (unpaired) electrons. The van der Waals surface area contributed by atoms with E-state index in [1.54, 1.807) is 12.1 Å². The molecule has 2 aliphatic rings. The van der Waals surface area contributed by atoms with E-state index >= 15 is 0 Å². The average molecular weight is 318 g/mol. The highest BCUT2D eigenvalue weighted by molar-refractivity contribution is 5.51. The second-order valence-electron chi connectivity index (χ2n) is 6.83. The third-order valence-electron chi connectivity index (χ3n) is 5.06. The lowest BCUT2D eigenvalue weighted by Crippen LogP contribution is -2.48. The lowest BCUT2D eigenvalue weighted by atomic mass is 9.96. The fourth-order valence-corrected chi connectivity index (χ4v) is 3.63. The fourth-order valence-electron chi connectivity index (χ4n) is 3.63. The summed E-state index contributed by atoms with van der Waals surface area (Å²) in [7, 11) is 2.19. The number of piperazine rings is 1. The number of nitrogens with zero attached hydrogens (tertiary/aromatic N) is 4. The van der Waals surface area contributed by atoms with E-state index in [1.165, 1.54) is 45.6 Å². The van der Waals surface area contributed by atoms with Crippen molar-refractivity contribution in [3.05, 3.63) is 34.4 Å². The molecule has 6 heteroatoms. The van der Waals surface area contributed by atoms with Gasteiger partial charge in [0.15, 0.2) is 0 Å². The predicted octanol–water partition coefficient (Wildman–Crippen LogP) is 2.06. The van der Waals surface area contributed by atoms with Gasteiger partial charge in [-0.1, -0.05) is 0 Å². The minimum Gasteiger partial charge on any atom is -0.371 e. The van der Waals surface area contributed by atoms with Crippen LogP contribution < -0.4 is 4.90 Å². The van der Waals surface area contributed by atoms with Gasteiger partial charge in [0.05, 0.1) is 4.92 Å². The van der Waals surface area contributed by atoms with Crippen molar-refractivity contribution < 1.29 is 4.92 Å². The number of anilines is 1. The molecular weight excluding hydrogens is 292 g/mol. The van der Waals surface area contributed by atoms with Crippen molar-refractivity contribution >= 4 is 11.4 Å². The van der Waals surface area contributed by atoms with E-state index in [2.05, 4.69) is 21.7 Å². The van der Waals surface area contributed by atoms with Crippen LogP contribution in [0.4, 0.5) is 11.4 Å². The highest BCUT2D eigenvalue weighted by Crippen LogP contribution is 2.25. The fraction of sp³-hybridized carbons (Fsp3) is 0.647. The van der Waals surface area contributed by atoms with E-state index in [-0.39, 0.29) is 10.6 Å². The zero-order chi connectivity index (χ0) is 16.2. The molecule has 2 fully saturated rings. The number of nitro groups is 1. The zero-order valence-corrected chi connectivity index (χ0v) is 13.9. The summed E-state index contributed by atoms with van der Waals surface area (Å²) in [5.41, 5.74) is 1.28. The number of hydrogen-bond acceptors (Lipinski definition) is 5. The molecule has 0 aliphatic carbocycles. The quantitative estimate of drug-likeness (QED) is 0.628. The molecule has 6 nitrogen and oxygen atoms in total. The van der Waals surface area contributed by atoms with Gasteiger partial charge < -0.3 is 14.7 Å². The van der Waals surface area contributed by atoms with Crippen molar-refractivity contribution in [1.82, 2.24) is 9.80 Å². The van der Waals surface area contributed by atoms with Gasteiger partial charge in [-0.2, -0.15) is 0 Å². The Balaban J connectivity index is 1.56. The Morgan fingerprint density at radius 3 is 2.48 bits per heavy atom. The summed E-state index contributed by atoms with van der Waals surface area (Å²) in [5, 5.41) is 10.8. The summed E-state index contributed by atoms with van der Waals surface area (Å²) in [6.45, 7) is 7.96. The van der Waals surface area contributed by atoms with Crippen LogP contribution in [0.3, 0.4) is 0 Å². The monoisotopic (exact) mass is 318 g/mol. The van der Waals surface area contributed by atoms with Crippen molar-refractivity contribution in [3.8, 4) is 0 Å². The minimum atomic E-state index is -0.337. The molecule has 2 saturated heterocycles. The number of non-ortho nitro benzene ring substituents is 1. The molecular formula is C17H26N4O2. The van der Waals surface area contributed by atoms with E-state index in [1.807, 2.05) is 12.1 Å². The molecule has 2 heterocycles. The van der Waals surface area contributed by atoms with Crippen LogP contribution >= 0.6 is 0 Å². The van der Waals surface area contributed by atoms with E-state index in [0.717, 1.165) is 18.8 Å². The molecule has 2 aliphatic heterocycles. The van der Waals surface area contributed by atoms with Crippen LogP contribution in [0.1, 0.15) is 12.8 Å². The first-order valence-corrected chi connectivity index (χ1v) is 8.52. The SMILES string of the molecule is CN1CCN(CC2CCCN(c3ccc([N+](=O)[O-])cc3)C2)CC1. The normalized spacial score (nSPS) is 23.9. The maximum atomic E-state index is 10.8. The third kappa shape index (κ3) is 4.20. The van der Waals surface area contributed by atoms with Crippen molar-refractivity contribution in [2.24, 2.45) is 5.92 Å². The van der Waals surface area contributed by atoms with Crippen LogP contribution in [0.2, 0.25) is 0 Å². The van der Waals surface area contributed by atoms with Crippen molar-refractivity contribution in [2.45, 2.75) is 12.8 Å². The smallest absolute Gasteiger partial charge is 0.269 e. The number of hydrogen-bond donors (Lipinski definition) is 0. The highest BCUT2D eigenvalue weighted by atomic mass is 16.6. The average Bonchev–Trinajstić information content (AvgIpc) is 2.57. The molecule has 0 amide bonds. The maximum Gasteiger partial charge on any atom is 0.269 e. The molecule has 126 valence electrons. The zero-order valence-electron chi connectivity index (χ0n) is 13.9. The Bertz CT molecular complexity index is 526. The van der Waals surface area contributed by atoms with Gasteiger partial charge in [-0.15, -0.1) is 0 Å². The van der Waals surface area contributed by atoms with Crippen LogP contribution in [-0.2, 0) is 0 Å². The summed E-state index contributed by atoms with van der Waals surface area (Å²) in [4.78, 5) is 17.8. The topological polar surface area (TPSA) is 52.9 Å². The summed E-state index contributed by atoms with van der Waals surface area (Å²) in [6, 6.07) is 6.99. The lowest BCUT2D eigenvalue weighted by Gasteiger charge is -2.39. The Morgan fingerprint density at radius 1 is 1.13 bits per heavy atom. The molecule has 1 unspecified atom stereocenters. The molecule has 0 spiro atoms. The lowest BCUT2D eigenvalue weighted by molar-refractivity contribution is -0.384. The van der Waals surface area contributed by atoms with Crippen LogP contribution in [0.25, 0.3) is 0 Å². The molecule has 0 bridgehead atoms. The molecule has 0 N–H and O–H groups in total. The number of rotatable bonds is 4. The molecule has 3 rings (SSSR count). The first kappa shape index (κ1) is 16.2. The number of nitro benzene ring substituents is 1. The van der Waals surface area contributed by atoms with Crippen LogP contribution in [0.15, 0.2) is 24.3 Å². The second kappa shape index (κ2) is 7.27. The van der Waals surface area contributed by atoms with Crippen molar-refractivity contribution in [2.75, 3.05) is 57.8 Å². The van der Waals surface area contributed by atoms with Gasteiger partial charge in [-0.3, -0.25) is 10.1 Å². The number of benzene rings is 1. The van der Waals surface area contributed by atoms with Crippen molar-refractivity contribution in [1.29, 1.82) is 0 Å². The highest BCUT2D eigenvalue weighted by Gasteiger charge is 2.24. The predicted molar refractivity (Wildman–Crippen MR) is 92.0 cm³/mol. The van der Waals surface area contributed by atoms with E-state index in [4.69, 9.17) is 0 Å². The van der Waals surface area contributed by atoms with Crippen LogP contribution in [0, 0.1) is 16.0 Å². The minimum absolute atomic E-state index is 0.166. The van der Waals surface area contributed by atoms with Crippen LogP contribution in [-0.4, -0.2) is 67.6 Å². The summed E-state index contributed by atoms with van der Waals surface area (Å²) in [6.07, 6.45) is 2.49. The molecule has 1 aromatic rings. The Hall–Kier alpha value is -1.66. The largest absolute Gasteiger partial charge is 0.371 e. The van der Waals surface area contributed by atoms with Gasteiger partial charge >= 0.3 is 0 Å². The molecule has 0 saturated carbocycles. The maximum absolute atomic E-state index is 10.8. The standard InChI is InChI=1S/C17H26N4O2/c1-18-9-11-19(12-10-18)13-15-3-2-8-20(14-15)16-4-6-17(7-5-16)21(22)23/h4-7,15H,2-3,8-14H2,1H3. The molecule has 1 atom stereocenters. The Labute approximate surface area is 137 Å². The molecule has 1 aromatic carbocycles. The van der Waals surface area contributed by atoms with E-state index in [9.17, 15) is 10.1 Å². The number of likely N-dealkylation sites (N-methyl/N-ethyl adjacent to an activating group) is 1. The first-order valence-electron chi connectivity index (χ1n) is 8.52. The summed E-state index contributed by atoms with van der Waals surface area (Å²) < 4.78 is 0. The summed E-state index contributed by atoms with van der Waals surface area (Å²) >= 11 is 0. The van der Waals surface area contributed by atoms with Crippen molar-refractivity contribution in [3.63, 3.8) is 0 Å². The summed E-state index contributed by atoms with van der Waals surface area (Å²) in [5.74, 6) is 0.697. The Kier molecular flexibility index (Phi) is 5.13. The van der Waals surface area contributed by atoms with Gasteiger partial charge in [0.2, 0.25) is 0 Å². The van der Waals surface area contributed by atoms with E-state index < -0.39 is 0 Å². The third-order valence-corrected chi connectivity index (χ3v) is 5.06. The van der Waals surface area contributed by atoms with Crippen LogP contribution in [0.5, 0.6) is 0 Å². The molecule has 0 aromatic heterocycles. The van der Waals surface area contributed by atoms with E-state index in [0.29, 0.717) is 5.92 Å². The van der Waals surface area contributed by atoms with Gasteiger partial charge in [-0.05, 0) is 37.9 Å². The van der Waals surface area contributed by atoms with Gasteiger partial charge in [0.25, 0.3) is 5.69 Å². The molecule has 23 heavy (non-hydrogen) atoms. The first-order chi connectivity index (χ1) is 11.1. The van der Waals surface area contributed by atoms with Gasteiger partial charge in [0, 0.05) is 63.6 Å². The van der Waals surface area contributed by atoms with Gasteiger partial charge in [0.1, 0.15) is 0 Å². The Morgan fingerprint density at radius 2 is 1.83 bits per heavy atom. The van der Waals surface area contributed by atoms with Gasteiger partial charge in [-0.25, -0.2) is 0 Å². The number of piperidine rings is 1.